The summed E-state index contributed by atoms with van der Waals surface area (Å²) in [5.74, 6) is -2.59. The lowest BCUT2D eigenvalue weighted by Gasteiger charge is -2.39. The van der Waals surface area contributed by atoms with Crippen molar-refractivity contribution in [2.45, 2.75) is 124 Å². The van der Waals surface area contributed by atoms with Crippen molar-refractivity contribution in [2.75, 3.05) is 33.4 Å². The van der Waals surface area contributed by atoms with Gasteiger partial charge in [0.2, 0.25) is 5.91 Å². The summed E-state index contributed by atoms with van der Waals surface area (Å²) in [7, 11) is 1.98. The predicted octanol–water partition coefficient (Wildman–Crippen LogP) is 6.11. The molecule has 1 fully saturated rings. The summed E-state index contributed by atoms with van der Waals surface area (Å²) in [6.45, 7) is 12.9. The van der Waals surface area contributed by atoms with Crippen molar-refractivity contribution < 1.29 is 39.2 Å². The number of ether oxygens (including phenoxy) is 1. The number of thiazole rings is 1. The number of nitrogens with one attached hydrogen (secondary N) is 1. The number of hydrogen-bond donors (Lipinski definition) is 4. The van der Waals surface area contributed by atoms with E-state index in [0.29, 0.717) is 24.5 Å². The molecule has 1 saturated heterocycles. The largest absolute Gasteiger partial charge is 0.508 e. The summed E-state index contributed by atoms with van der Waals surface area (Å²) in [6.07, 6.45) is 4.91. The second-order valence-electron chi connectivity index (χ2n) is 15.4. The van der Waals surface area contributed by atoms with E-state index in [2.05, 4.69) is 10.2 Å². The van der Waals surface area contributed by atoms with E-state index in [9.17, 15) is 34.5 Å². The molecule has 1 aliphatic heterocycles. The number of aliphatic hydroxyl groups is 1. The third-order valence-electron chi connectivity index (χ3n) is 10.8. The van der Waals surface area contributed by atoms with Gasteiger partial charge in [0.15, 0.2) is 5.78 Å². The number of carboxylic acids is 1. The fraction of sp³-hybridized carbons (Fsp3) is 0.683. The number of ketones is 1. The van der Waals surface area contributed by atoms with Crippen LogP contribution in [0.15, 0.2) is 29.6 Å². The number of phenols is 1. The lowest BCUT2D eigenvalue weighted by Crippen LogP contribution is -2.50. The average Bonchev–Trinajstić information content (AvgIpc) is 3.64. The molecule has 0 bridgehead atoms. The van der Waals surface area contributed by atoms with Crippen molar-refractivity contribution in [3.8, 4) is 5.75 Å². The number of carbonyl (C=O) groups is 4. The third kappa shape index (κ3) is 13.1. The van der Waals surface area contributed by atoms with E-state index in [0.717, 1.165) is 44.2 Å². The number of aromatic hydroxyl groups is 1. The molecule has 1 aromatic carbocycles. The topological polar surface area (TPSA) is 170 Å². The van der Waals surface area contributed by atoms with Gasteiger partial charge in [-0.2, -0.15) is 0 Å². The molecule has 0 unspecified atom stereocenters. The van der Waals surface area contributed by atoms with E-state index >= 15 is 0 Å². The fourth-order valence-electron chi connectivity index (χ4n) is 7.33. The number of benzene rings is 1. The van der Waals surface area contributed by atoms with Crippen molar-refractivity contribution >= 4 is 34.9 Å². The highest BCUT2D eigenvalue weighted by molar-refractivity contribution is 7.09. The van der Waals surface area contributed by atoms with Gasteiger partial charge >= 0.3 is 5.97 Å². The van der Waals surface area contributed by atoms with Crippen LogP contribution >= 0.6 is 11.3 Å². The first-order valence-electron chi connectivity index (χ1n) is 19.7. The first kappa shape index (κ1) is 45.0. The van der Waals surface area contributed by atoms with Gasteiger partial charge in [-0.15, -0.1) is 11.3 Å². The van der Waals surface area contributed by atoms with E-state index in [1.165, 1.54) is 11.3 Å². The molecule has 2 heterocycles. The SMILES string of the molecule is CCCO[C@H](C[C@H](C(C)C)N(CCO)C(=O)[C@@H](CC(=O)[C@H]1CCCCN1C)[C@@H](C)CC)c1nc(C(=O)N[C@@H](Cc2ccc(O)cc2)C[C@H](C)C(=O)O)cs1. The minimum Gasteiger partial charge on any atom is -0.508 e. The molecule has 2 amide bonds. The maximum atomic E-state index is 14.6. The quantitative estimate of drug-likeness (QED) is 0.103. The number of amides is 2. The van der Waals surface area contributed by atoms with Gasteiger partial charge in [0.1, 0.15) is 22.6 Å². The number of likely N-dealkylation sites (tertiary alicyclic amines) is 1. The van der Waals surface area contributed by atoms with Crippen molar-refractivity contribution in [3.05, 3.63) is 45.9 Å². The summed E-state index contributed by atoms with van der Waals surface area (Å²) in [5.41, 5.74) is 1.02. The highest BCUT2D eigenvalue weighted by Gasteiger charge is 2.38. The predicted molar refractivity (Wildman–Crippen MR) is 210 cm³/mol. The highest BCUT2D eigenvalue weighted by Crippen LogP contribution is 2.33. The average molecular weight is 773 g/mol. The fourth-order valence-corrected chi connectivity index (χ4v) is 8.19. The number of aliphatic carboxylic acids is 1. The van der Waals surface area contributed by atoms with Gasteiger partial charge in [0, 0.05) is 49.4 Å². The number of carbonyl (C=O) groups excluding carboxylic acids is 3. The van der Waals surface area contributed by atoms with E-state index in [4.69, 9.17) is 9.72 Å². The third-order valence-corrected chi connectivity index (χ3v) is 11.8. The molecule has 13 heteroatoms. The van der Waals surface area contributed by atoms with Gasteiger partial charge in [0.25, 0.3) is 5.91 Å². The molecular weight excluding hydrogens is 709 g/mol. The van der Waals surface area contributed by atoms with Gasteiger partial charge in [0.05, 0.1) is 18.6 Å². The standard InChI is InChI=1S/C41H64N4O8S/c1-8-20-53-37(39-43-33(25-54-39)38(49)42-30(21-28(6)41(51)52)22-29-13-15-31(47)16-14-29)24-35(26(3)4)45(18-19-46)40(50)32(27(5)9-2)23-36(48)34-12-10-11-17-44(34)7/h13-16,25-28,30,32,34-35,37,46-47H,8-12,17-24H2,1-7H3,(H,42,49)(H,51,52)/t27-,28-,30+,32-,34+,35+,37+/m0/s1. The number of Topliss-reactive ketones (excluding diaryl/α,β-unsaturated/α-hetero) is 1. The zero-order valence-electron chi connectivity index (χ0n) is 33.3. The van der Waals surface area contributed by atoms with E-state index in [-0.39, 0.29) is 73.0 Å². The van der Waals surface area contributed by atoms with Crippen molar-refractivity contribution in [1.29, 1.82) is 0 Å². The summed E-state index contributed by atoms with van der Waals surface area (Å²) < 4.78 is 6.36. The maximum absolute atomic E-state index is 14.6. The van der Waals surface area contributed by atoms with Crippen LogP contribution in [0.2, 0.25) is 0 Å². The molecule has 2 aromatic rings. The van der Waals surface area contributed by atoms with Gasteiger partial charge in [-0.3, -0.25) is 24.1 Å². The van der Waals surface area contributed by atoms with Crippen LogP contribution < -0.4 is 5.32 Å². The summed E-state index contributed by atoms with van der Waals surface area (Å²) in [6, 6.07) is 5.56. The number of carboxylic acid groups (broad SMARTS) is 1. The van der Waals surface area contributed by atoms with Crippen LogP contribution in [-0.2, 0) is 25.5 Å². The van der Waals surface area contributed by atoms with E-state index < -0.39 is 35.9 Å². The Labute approximate surface area is 325 Å². The lowest BCUT2D eigenvalue weighted by atomic mass is 9.82. The first-order chi connectivity index (χ1) is 25.7. The van der Waals surface area contributed by atoms with E-state index in [1.54, 1.807) is 41.5 Å². The van der Waals surface area contributed by atoms with Crippen LogP contribution in [0.5, 0.6) is 5.75 Å². The van der Waals surface area contributed by atoms with Crippen LogP contribution in [0.4, 0.5) is 0 Å². The Balaban J connectivity index is 1.86. The molecule has 54 heavy (non-hydrogen) atoms. The van der Waals surface area contributed by atoms with Gasteiger partial charge in [-0.1, -0.05) is 66.5 Å². The van der Waals surface area contributed by atoms with Gasteiger partial charge in [-0.25, -0.2) is 4.98 Å². The molecule has 7 atom stereocenters. The summed E-state index contributed by atoms with van der Waals surface area (Å²) in [4.78, 5) is 62.1. The molecule has 302 valence electrons. The molecule has 0 radical (unpaired) electrons. The van der Waals surface area contributed by atoms with Crippen molar-refractivity contribution in [2.24, 2.45) is 23.7 Å². The molecule has 3 rings (SSSR count). The van der Waals surface area contributed by atoms with Gasteiger partial charge < -0.3 is 30.3 Å². The first-order valence-corrected chi connectivity index (χ1v) is 20.6. The van der Waals surface area contributed by atoms with Crippen molar-refractivity contribution in [1.82, 2.24) is 20.1 Å². The Morgan fingerprint density at radius 1 is 1.07 bits per heavy atom. The smallest absolute Gasteiger partial charge is 0.306 e. The lowest BCUT2D eigenvalue weighted by molar-refractivity contribution is -0.145. The van der Waals surface area contributed by atoms with Gasteiger partial charge in [-0.05, 0) is 75.2 Å². The minimum atomic E-state index is -0.959. The number of hydrogen-bond acceptors (Lipinski definition) is 10. The number of rotatable bonds is 23. The van der Waals surface area contributed by atoms with Crippen LogP contribution in [0.1, 0.15) is 120 Å². The molecule has 0 spiro atoms. The van der Waals surface area contributed by atoms with Crippen LogP contribution in [0.25, 0.3) is 0 Å². The number of likely N-dealkylation sites (N-methyl/N-ethyl adjacent to an activating group) is 1. The zero-order chi connectivity index (χ0) is 39.9. The number of aliphatic hydroxyl groups excluding tert-OH is 1. The molecule has 12 nitrogen and oxygen atoms in total. The maximum Gasteiger partial charge on any atom is 0.306 e. The normalized spacial score (nSPS) is 18.4. The molecule has 1 aromatic heterocycles. The number of phenolic OH excluding ortho intramolecular Hbond substituents is 1. The molecule has 1 aliphatic rings. The zero-order valence-corrected chi connectivity index (χ0v) is 34.1. The molecule has 0 saturated carbocycles. The number of nitrogens with zero attached hydrogens (tertiary/aromatic N) is 3. The highest BCUT2D eigenvalue weighted by atomic mass is 32.1. The molecule has 0 aliphatic carbocycles. The number of aromatic nitrogens is 1. The van der Waals surface area contributed by atoms with Crippen LogP contribution in [0.3, 0.4) is 0 Å². The summed E-state index contributed by atoms with van der Waals surface area (Å²) in [5, 5.41) is 34.8. The van der Waals surface area contributed by atoms with Crippen LogP contribution in [-0.4, -0.2) is 105 Å². The second kappa shape index (κ2) is 22.2. The summed E-state index contributed by atoms with van der Waals surface area (Å²) >= 11 is 1.29. The second-order valence-corrected chi connectivity index (χ2v) is 16.3. The van der Waals surface area contributed by atoms with Crippen LogP contribution in [0, 0.1) is 23.7 Å². The molecular formula is C41H64N4O8S. The Morgan fingerprint density at radius 2 is 1.78 bits per heavy atom. The number of piperidine rings is 1. The molecule has 4 N–H and O–H groups in total. The Morgan fingerprint density at radius 3 is 2.37 bits per heavy atom. The van der Waals surface area contributed by atoms with E-state index in [1.807, 2.05) is 41.7 Å². The Kier molecular flexibility index (Phi) is 18.5. The minimum absolute atomic E-state index is 0.0226. The monoisotopic (exact) mass is 772 g/mol. The van der Waals surface area contributed by atoms with Crippen molar-refractivity contribution in [3.63, 3.8) is 0 Å². The Bertz CT molecular complexity index is 1480. The Hall–Kier alpha value is -3.39.